The van der Waals surface area contributed by atoms with Gasteiger partial charge in [-0.2, -0.15) is 0 Å². The van der Waals surface area contributed by atoms with Crippen molar-refractivity contribution in [3.8, 4) is 0 Å². The van der Waals surface area contributed by atoms with Crippen LogP contribution in [0.3, 0.4) is 0 Å². The minimum Gasteiger partial charge on any atom is -0.443 e. The zero-order valence-electron chi connectivity index (χ0n) is 34.5. The van der Waals surface area contributed by atoms with E-state index in [0.29, 0.717) is 5.56 Å². The van der Waals surface area contributed by atoms with Gasteiger partial charge in [-0.1, -0.05) is 149 Å². The first-order valence-electron chi connectivity index (χ1n) is 19.6. The number of primary amides is 1. The summed E-state index contributed by atoms with van der Waals surface area (Å²) in [6.07, 6.45) is 0.286. The molecule has 0 aliphatic carbocycles. The van der Waals surface area contributed by atoms with E-state index in [-0.39, 0.29) is 52.1 Å². The number of nitrogens with two attached hydrogens (primary N) is 1. The molecule has 0 saturated carbocycles. The number of carbonyl (C=O) groups is 4. The first kappa shape index (κ1) is 43.5. The van der Waals surface area contributed by atoms with E-state index >= 15 is 0 Å². The van der Waals surface area contributed by atoms with Gasteiger partial charge in [0, 0.05) is 29.0 Å². The lowest BCUT2D eigenvalue weighted by atomic mass is 9.84. The van der Waals surface area contributed by atoms with Gasteiger partial charge in [-0.25, -0.2) is 4.79 Å². The highest BCUT2D eigenvalue weighted by atomic mass is 32.2. The summed E-state index contributed by atoms with van der Waals surface area (Å²) in [4.78, 5) is 57.2. The summed E-state index contributed by atoms with van der Waals surface area (Å²) in [5.74, 6) is -1.23. The molecule has 3 amide bonds. The van der Waals surface area contributed by atoms with Crippen molar-refractivity contribution >= 4 is 46.8 Å². The van der Waals surface area contributed by atoms with Crippen molar-refractivity contribution in [1.82, 2.24) is 0 Å². The average Bonchev–Trinajstić information content (AvgIpc) is 3.17. The van der Waals surface area contributed by atoms with Gasteiger partial charge in [-0.15, -0.1) is 11.8 Å². The molecule has 8 nitrogen and oxygen atoms in total. The molecule has 5 aromatic rings. The topological polar surface area (TPSA) is 119 Å². The number of ketones is 1. The Hall–Kier alpha value is -5.67. The number of nitrogens with one attached hydrogen (secondary N) is 1. The molecule has 0 radical (unpaired) electrons. The van der Waals surface area contributed by atoms with Crippen molar-refractivity contribution in [2.24, 2.45) is 17.1 Å². The Morgan fingerprint density at radius 2 is 1.19 bits per heavy atom. The lowest BCUT2D eigenvalue weighted by molar-refractivity contribution is -0.119. The van der Waals surface area contributed by atoms with Crippen LogP contribution in [0.5, 0.6) is 0 Å². The summed E-state index contributed by atoms with van der Waals surface area (Å²) in [7, 11) is 0. The number of ether oxygens (including phenoxy) is 1. The normalized spacial score (nSPS) is 12.9. The maximum Gasteiger partial charge on any atom is 0.415 e. The Balaban J connectivity index is 1.64. The molecular formula is C49H55N3O5S. The smallest absolute Gasteiger partial charge is 0.415 e. The van der Waals surface area contributed by atoms with E-state index in [2.05, 4.69) is 62.5 Å². The van der Waals surface area contributed by atoms with E-state index < -0.39 is 28.4 Å². The van der Waals surface area contributed by atoms with Gasteiger partial charge in [0.25, 0.3) is 0 Å². The second-order valence-corrected chi connectivity index (χ2v) is 18.1. The largest absolute Gasteiger partial charge is 0.443 e. The predicted octanol–water partition coefficient (Wildman–Crippen LogP) is 10.6. The first-order chi connectivity index (χ1) is 27.5. The molecule has 0 saturated heterocycles. The molecule has 5 rings (SSSR count). The van der Waals surface area contributed by atoms with Crippen LogP contribution in [0.15, 0.2) is 140 Å². The predicted molar refractivity (Wildman–Crippen MR) is 236 cm³/mol. The van der Waals surface area contributed by atoms with Gasteiger partial charge in [-0.3, -0.25) is 19.3 Å². The fourth-order valence-electron chi connectivity index (χ4n) is 7.34. The molecular weight excluding hydrogens is 743 g/mol. The molecule has 0 bridgehead atoms. The van der Waals surface area contributed by atoms with Crippen LogP contribution in [-0.4, -0.2) is 41.1 Å². The van der Waals surface area contributed by atoms with Crippen LogP contribution in [0.4, 0.5) is 16.2 Å². The van der Waals surface area contributed by atoms with Crippen LogP contribution in [-0.2, 0) is 19.1 Å². The van der Waals surface area contributed by atoms with Crippen molar-refractivity contribution < 1.29 is 23.9 Å². The Bertz CT molecular complexity index is 2070. The van der Waals surface area contributed by atoms with Gasteiger partial charge in [-0.05, 0) is 73.4 Å². The standard InChI is InChI=1S/C49H55N3O5S/c1-34(32-47(2,3)4)30-43(53)51-41-29-28-39(31-40(41)44(54)35-20-12-8-13-21-35)52(46(56)57-48(5,6)7)42(45(50)55)33-58-49(36-22-14-9-15-23-36,37-24-16-10-17-25-37)38-26-18-11-19-27-38/h8-29,31,34,42H,30,32-33H2,1-7H3,(H2,50,55)(H,51,53)/t34?,42-/m0/s1. The van der Waals surface area contributed by atoms with E-state index in [1.54, 1.807) is 57.2 Å². The van der Waals surface area contributed by atoms with Gasteiger partial charge < -0.3 is 15.8 Å². The summed E-state index contributed by atoms with van der Waals surface area (Å²) in [5, 5.41) is 2.97. The van der Waals surface area contributed by atoms with Gasteiger partial charge in [0.1, 0.15) is 11.6 Å². The Morgan fingerprint density at radius 3 is 1.64 bits per heavy atom. The van der Waals surface area contributed by atoms with Crippen molar-refractivity contribution in [2.45, 2.75) is 77.7 Å². The van der Waals surface area contributed by atoms with Crippen LogP contribution < -0.4 is 16.0 Å². The second-order valence-electron chi connectivity index (χ2n) is 16.9. The van der Waals surface area contributed by atoms with Crippen molar-refractivity contribution in [2.75, 3.05) is 16.0 Å². The third-order valence-electron chi connectivity index (χ3n) is 9.56. The number of hydrogen-bond donors (Lipinski definition) is 2. The van der Waals surface area contributed by atoms with Gasteiger partial charge in [0.15, 0.2) is 5.78 Å². The number of amides is 3. The van der Waals surface area contributed by atoms with Crippen LogP contribution in [0, 0.1) is 11.3 Å². The minimum atomic E-state index is -1.24. The summed E-state index contributed by atoms with van der Waals surface area (Å²) in [6, 6.07) is 42.3. The van der Waals surface area contributed by atoms with E-state index in [1.165, 1.54) is 22.7 Å². The van der Waals surface area contributed by atoms with Crippen LogP contribution >= 0.6 is 11.8 Å². The quantitative estimate of drug-likeness (QED) is 0.0804. The number of benzene rings is 5. The van der Waals surface area contributed by atoms with E-state index in [4.69, 9.17) is 10.5 Å². The Kier molecular flexibility index (Phi) is 14.0. The monoisotopic (exact) mass is 797 g/mol. The van der Waals surface area contributed by atoms with Crippen LogP contribution in [0.1, 0.15) is 93.9 Å². The molecule has 0 aromatic heterocycles. The summed E-state index contributed by atoms with van der Waals surface area (Å²) in [6.45, 7) is 13.7. The fourth-order valence-corrected chi connectivity index (χ4v) is 8.97. The third-order valence-corrected chi connectivity index (χ3v) is 11.2. The molecule has 0 fully saturated rings. The van der Waals surface area contributed by atoms with Crippen molar-refractivity contribution in [1.29, 1.82) is 0 Å². The Morgan fingerprint density at radius 1 is 0.707 bits per heavy atom. The molecule has 9 heteroatoms. The highest BCUT2D eigenvalue weighted by Crippen LogP contribution is 2.49. The maximum absolute atomic E-state index is 14.4. The average molecular weight is 798 g/mol. The van der Waals surface area contributed by atoms with Crippen molar-refractivity contribution in [3.05, 3.63) is 167 Å². The van der Waals surface area contributed by atoms with E-state index in [0.717, 1.165) is 23.1 Å². The van der Waals surface area contributed by atoms with E-state index in [1.807, 2.05) is 67.6 Å². The SMILES string of the molecule is CC(CC(=O)Nc1ccc(N(C(=O)OC(C)(C)C)[C@@H](CSC(c2ccccc2)(c2ccccc2)c2ccccc2)C(N)=O)cc1C(=O)c1ccccc1)CC(C)(C)C. The molecule has 5 aromatic carbocycles. The molecule has 2 atom stereocenters. The lowest BCUT2D eigenvalue weighted by Gasteiger charge is -2.38. The third kappa shape index (κ3) is 11.0. The summed E-state index contributed by atoms with van der Waals surface area (Å²) in [5.41, 5.74) is 9.32. The minimum absolute atomic E-state index is 0.0408. The molecule has 0 spiro atoms. The zero-order valence-corrected chi connectivity index (χ0v) is 35.3. The molecule has 302 valence electrons. The van der Waals surface area contributed by atoms with Gasteiger partial charge in [0.05, 0.1) is 10.4 Å². The molecule has 3 N–H and O–H groups in total. The molecule has 0 aliphatic heterocycles. The van der Waals surface area contributed by atoms with Crippen LogP contribution in [0.2, 0.25) is 0 Å². The number of carbonyl (C=O) groups excluding carboxylic acids is 4. The highest BCUT2D eigenvalue weighted by Gasteiger charge is 2.41. The summed E-state index contributed by atoms with van der Waals surface area (Å²) >= 11 is 1.48. The van der Waals surface area contributed by atoms with Crippen molar-refractivity contribution in [3.63, 3.8) is 0 Å². The zero-order chi connectivity index (χ0) is 42.1. The van der Waals surface area contributed by atoms with Gasteiger partial charge >= 0.3 is 6.09 Å². The fraction of sp³-hybridized carbons (Fsp3) is 0.306. The second kappa shape index (κ2) is 18.7. The molecule has 1 unspecified atom stereocenters. The van der Waals surface area contributed by atoms with E-state index in [9.17, 15) is 19.2 Å². The van der Waals surface area contributed by atoms with Gasteiger partial charge in [0.2, 0.25) is 11.8 Å². The number of anilines is 2. The number of rotatable bonds is 15. The number of hydrogen-bond acceptors (Lipinski definition) is 6. The lowest BCUT2D eigenvalue weighted by Crippen LogP contribution is -2.52. The first-order valence-corrected chi connectivity index (χ1v) is 20.6. The summed E-state index contributed by atoms with van der Waals surface area (Å²) < 4.78 is 5.12. The van der Waals surface area contributed by atoms with Crippen LogP contribution in [0.25, 0.3) is 0 Å². The molecule has 0 aliphatic rings. The number of nitrogens with zero attached hydrogens (tertiary/aromatic N) is 1. The Labute approximate surface area is 347 Å². The highest BCUT2D eigenvalue weighted by molar-refractivity contribution is 8.00. The number of thioether (sulfide) groups is 1. The maximum atomic E-state index is 14.4. The molecule has 58 heavy (non-hydrogen) atoms. The molecule has 0 heterocycles.